The van der Waals surface area contributed by atoms with Crippen LogP contribution in [0, 0.1) is 0 Å². The van der Waals surface area contributed by atoms with E-state index in [1.54, 1.807) is 6.08 Å². The van der Waals surface area contributed by atoms with E-state index in [1.807, 2.05) is 6.08 Å². The minimum atomic E-state index is -1.12. The highest BCUT2D eigenvalue weighted by Crippen LogP contribution is 2.13. The van der Waals surface area contributed by atoms with Crippen LogP contribution in [0.3, 0.4) is 0 Å². The number of hydrogen-bond acceptors (Lipinski definition) is 4. The molecule has 0 spiro atoms. The first-order chi connectivity index (χ1) is 25.6. The summed E-state index contributed by atoms with van der Waals surface area (Å²) in [7, 11) is 0. The third-order valence-electron chi connectivity index (χ3n) is 9.81. The smallest absolute Gasteiger partial charge is 0.249 e. The van der Waals surface area contributed by atoms with Crippen molar-refractivity contribution in [3.8, 4) is 0 Å². The van der Waals surface area contributed by atoms with Gasteiger partial charge in [-0.1, -0.05) is 190 Å². The summed E-state index contributed by atoms with van der Waals surface area (Å²) in [5, 5.41) is 33.1. The molecule has 3 atom stereocenters. The van der Waals surface area contributed by atoms with Crippen LogP contribution in [0.5, 0.6) is 0 Å². The molecule has 0 aliphatic rings. The van der Waals surface area contributed by atoms with Crippen molar-refractivity contribution in [3.63, 3.8) is 0 Å². The second-order valence-corrected chi connectivity index (χ2v) is 14.9. The van der Waals surface area contributed by atoms with Gasteiger partial charge >= 0.3 is 0 Å². The van der Waals surface area contributed by atoms with Gasteiger partial charge in [-0.25, -0.2) is 0 Å². The van der Waals surface area contributed by atoms with Gasteiger partial charge in [-0.15, -0.1) is 0 Å². The van der Waals surface area contributed by atoms with Crippen LogP contribution >= 0.6 is 0 Å². The summed E-state index contributed by atoms with van der Waals surface area (Å²) in [5.41, 5.74) is 0. The van der Waals surface area contributed by atoms with E-state index < -0.39 is 24.2 Å². The van der Waals surface area contributed by atoms with E-state index in [2.05, 4.69) is 67.8 Å². The largest absolute Gasteiger partial charge is 0.394 e. The van der Waals surface area contributed by atoms with Crippen molar-refractivity contribution in [2.75, 3.05) is 6.61 Å². The Morgan fingerprint density at radius 3 is 1.31 bits per heavy atom. The lowest BCUT2D eigenvalue weighted by molar-refractivity contribution is -0.131. The Hall–Kier alpha value is -1.95. The minimum Gasteiger partial charge on any atom is -0.394 e. The van der Waals surface area contributed by atoms with Gasteiger partial charge in [0.25, 0.3) is 0 Å². The monoisotopic (exact) mass is 728 g/mol. The van der Waals surface area contributed by atoms with E-state index in [-0.39, 0.29) is 6.61 Å². The van der Waals surface area contributed by atoms with Crippen molar-refractivity contribution in [2.45, 2.75) is 225 Å². The Kier molecular flexibility index (Phi) is 40.2. The number of rotatable bonds is 39. The standard InChI is InChI=1S/C47H85NO4/c1-3-5-7-9-11-13-15-17-19-20-21-22-23-24-25-26-27-28-30-32-34-36-38-40-42-46(51)47(52)48-44(43-49)45(50)41-39-37-35-33-31-29-18-16-14-12-10-8-6-4-2/h14,16,21-22,24-25,31,33,39,41,44-46,49-51H,3-13,15,17-20,23,26-30,32,34-38,40,42-43H2,1-2H3,(H,48,52)/b16-14+,22-21-,25-24-,33-31+,41-39+. The number of unbranched alkanes of at least 4 members (excludes halogenated alkanes) is 23. The molecule has 1 amide bonds. The first-order valence-electron chi connectivity index (χ1n) is 22.1. The topological polar surface area (TPSA) is 89.8 Å². The first kappa shape index (κ1) is 50.1. The minimum absolute atomic E-state index is 0.386. The van der Waals surface area contributed by atoms with Crippen molar-refractivity contribution >= 4 is 5.91 Å². The van der Waals surface area contributed by atoms with Gasteiger partial charge in [0.05, 0.1) is 18.8 Å². The van der Waals surface area contributed by atoms with Gasteiger partial charge in [-0.2, -0.15) is 0 Å². The fourth-order valence-corrected chi connectivity index (χ4v) is 6.30. The molecule has 0 heterocycles. The maximum Gasteiger partial charge on any atom is 0.249 e. The molecule has 0 saturated carbocycles. The van der Waals surface area contributed by atoms with Crippen LogP contribution < -0.4 is 5.32 Å². The van der Waals surface area contributed by atoms with E-state index in [9.17, 15) is 20.1 Å². The van der Waals surface area contributed by atoms with Crippen LogP contribution in [0.15, 0.2) is 60.8 Å². The quantitative estimate of drug-likeness (QED) is 0.0375. The van der Waals surface area contributed by atoms with Crippen molar-refractivity contribution in [1.82, 2.24) is 5.32 Å². The molecule has 0 fully saturated rings. The van der Waals surface area contributed by atoms with Crippen LogP contribution in [-0.4, -0.2) is 46.1 Å². The number of carbonyl (C=O) groups is 1. The van der Waals surface area contributed by atoms with Crippen LogP contribution in [0.4, 0.5) is 0 Å². The van der Waals surface area contributed by atoms with Crippen LogP contribution in [0.25, 0.3) is 0 Å². The molecule has 0 saturated heterocycles. The van der Waals surface area contributed by atoms with E-state index in [0.717, 1.165) is 51.4 Å². The normalized spacial score (nSPS) is 14.2. The van der Waals surface area contributed by atoms with Crippen LogP contribution in [0.2, 0.25) is 0 Å². The first-order valence-corrected chi connectivity index (χ1v) is 22.1. The number of allylic oxidation sites excluding steroid dienone is 9. The van der Waals surface area contributed by atoms with Crippen molar-refractivity contribution in [1.29, 1.82) is 0 Å². The Bertz CT molecular complexity index is 892. The lowest BCUT2D eigenvalue weighted by Crippen LogP contribution is -2.48. The number of hydrogen-bond donors (Lipinski definition) is 4. The van der Waals surface area contributed by atoms with E-state index in [1.165, 1.54) is 135 Å². The third kappa shape index (κ3) is 36.4. The maximum absolute atomic E-state index is 12.5. The fourth-order valence-electron chi connectivity index (χ4n) is 6.30. The molecule has 0 aromatic carbocycles. The molecule has 0 aromatic heterocycles. The molecule has 5 heteroatoms. The number of carbonyl (C=O) groups excluding carboxylic acids is 1. The lowest BCUT2D eigenvalue weighted by atomic mass is 10.0. The van der Waals surface area contributed by atoms with Crippen molar-refractivity contribution < 1.29 is 20.1 Å². The maximum atomic E-state index is 12.5. The second-order valence-electron chi connectivity index (χ2n) is 14.9. The molecule has 5 nitrogen and oxygen atoms in total. The van der Waals surface area contributed by atoms with E-state index in [4.69, 9.17) is 0 Å². The third-order valence-corrected chi connectivity index (χ3v) is 9.81. The SMILES string of the molecule is CCCCCC/C=C/CC/C=C/CC/C=C/C(O)C(CO)NC(=O)C(O)CCCCCCCCCC/C=C\C/C=C\CCCCCCCCCCC. The summed E-state index contributed by atoms with van der Waals surface area (Å²) < 4.78 is 0. The summed E-state index contributed by atoms with van der Waals surface area (Å²) >= 11 is 0. The number of nitrogens with one attached hydrogen (secondary N) is 1. The van der Waals surface area contributed by atoms with Crippen molar-refractivity contribution in [2.24, 2.45) is 0 Å². The zero-order valence-electron chi connectivity index (χ0n) is 34.2. The van der Waals surface area contributed by atoms with Gasteiger partial charge in [-0.05, 0) is 77.0 Å². The second kappa shape index (κ2) is 41.8. The molecule has 4 N–H and O–H groups in total. The lowest BCUT2D eigenvalue weighted by Gasteiger charge is -2.21. The van der Waals surface area contributed by atoms with Gasteiger partial charge in [0.2, 0.25) is 5.91 Å². The highest BCUT2D eigenvalue weighted by molar-refractivity contribution is 5.80. The molecule has 0 aliphatic heterocycles. The molecular weight excluding hydrogens is 643 g/mol. The Balaban J connectivity index is 3.73. The van der Waals surface area contributed by atoms with Gasteiger partial charge in [0.15, 0.2) is 0 Å². The van der Waals surface area contributed by atoms with Gasteiger partial charge in [0, 0.05) is 0 Å². The Labute approximate surface area is 322 Å². The Morgan fingerprint density at radius 2 is 0.846 bits per heavy atom. The average molecular weight is 728 g/mol. The summed E-state index contributed by atoms with van der Waals surface area (Å²) in [6.45, 7) is 4.13. The summed E-state index contributed by atoms with van der Waals surface area (Å²) in [6, 6.07) is -0.825. The Morgan fingerprint density at radius 1 is 0.481 bits per heavy atom. The molecular formula is C47H85NO4. The number of amides is 1. The molecule has 0 radical (unpaired) electrons. The highest BCUT2D eigenvalue weighted by atomic mass is 16.3. The van der Waals surface area contributed by atoms with E-state index in [0.29, 0.717) is 6.42 Å². The summed E-state index contributed by atoms with van der Waals surface area (Å²) in [5.74, 6) is -0.524. The molecule has 0 rings (SSSR count). The van der Waals surface area contributed by atoms with Gasteiger partial charge < -0.3 is 20.6 Å². The highest BCUT2D eigenvalue weighted by Gasteiger charge is 2.22. The van der Waals surface area contributed by atoms with Crippen LogP contribution in [0.1, 0.15) is 206 Å². The zero-order chi connectivity index (χ0) is 38.0. The number of aliphatic hydroxyl groups is 3. The average Bonchev–Trinajstić information content (AvgIpc) is 3.15. The molecule has 0 aromatic rings. The fraction of sp³-hybridized carbons (Fsp3) is 0.766. The van der Waals surface area contributed by atoms with Gasteiger partial charge in [-0.3, -0.25) is 4.79 Å². The summed E-state index contributed by atoms with van der Waals surface area (Å²) in [6.07, 6.45) is 55.4. The molecule has 0 bridgehead atoms. The van der Waals surface area contributed by atoms with Gasteiger partial charge in [0.1, 0.15) is 6.10 Å². The zero-order valence-corrected chi connectivity index (χ0v) is 34.2. The van der Waals surface area contributed by atoms with E-state index >= 15 is 0 Å². The summed E-state index contributed by atoms with van der Waals surface area (Å²) in [4.78, 5) is 12.5. The predicted octanol–water partition coefficient (Wildman–Crippen LogP) is 12.7. The molecule has 3 unspecified atom stereocenters. The van der Waals surface area contributed by atoms with Crippen LogP contribution in [-0.2, 0) is 4.79 Å². The molecule has 0 aliphatic carbocycles. The number of aliphatic hydroxyl groups excluding tert-OH is 3. The molecule has 52 heavy (non-hydrogen) atoms. The predicted molar refractivity (Wildman–Crippen MR) is 227 cm³/mol. The van der Waals surface area contributed by atoms with Crippen molar-refractivity contribution in [3.05, 3.63) is 60.8 Å². The molecule has 302 valence electrons.